The normalized spacial score (nSPS) is 31.5. The molecule has 2 saturated carbocycles. The number of rotatable bonds is 5. The summed E-state index contributed by atoms with van der Waals surface area (Å²) in [5.41, 5.74) is 3.43. The second-order valence-electron chi connectivity index (χ2n) is 5.99. The van der Waals surface area contributed by atoms with Crippen LogP contribution in [0.15, 0.2) is 24.3 Å². The lowest BCUT2D eigenvalue weighted by molar-refractivity contribution is 0.521. The van der Waals surface area contributed by atoms with E-state index in [1.54, 1.807) is 5.56 Å². The molecule has 0 aliphatic heterocycles. The Hall–Kier alpha value is -0.820. The Bertz CT molecular complexity index is 408. The molecule has 1 N–H and O–H groups in total. The van der Waals surface area contributed by atoms with Gasteiger partial charge >= 0.3 is 0 Å². The van der Waals surface area contributed by atoms with Crippen LogP contribution in [0.5, 0.6) is 0 Å². The summed E-state index contributed by atoms with van der Waals surface area (Å²) in [5, 5.41) is 3.74. The Morgan fingerprint density at radius 3 is 2.76 bits per heavy atom. The Balaban J connectivity index is 1.79. The standard InChI is InChI=1S/C16H23N/c1-3-13-10-16(13,11-17-15-7-8-15)14-6-4-5-12(2)9-14/h4-6,9,13,15,17H,3,7-8,10-11H2,1-2H3. The van der Waals surface area contributed by atoms with Crippen molar-refractivity contribution in [2.24, 2.45) is 5.92 Å². The minimum absolute atomic E-state index is 0.462. The largest absolute Gasteiger partial charge is 0.313 e. The van der Waals surface area contributed by atoms with Crippen molar-refractivity contribution >= 4 is 0 Å². The summed E-state index contributed by atoms with van der Waals surface area (Å²) in [4.78, 5) is 0. The minimum atomic E-state index is 0.462. The van der Waals surface area contributed by atoms with Gasteiger partial charge in [-0.3, -0.25) is 0 Å². The Morgan fingerprint density at radius 2 is 2.18 bits per heavy atom. The monoisotopic (exact) mass is 229 g/mol. The first kappa shape index (κ1) is 11.3. The predicted octanol–water partition coefficient (Wildman–Crippen LogP) is 3.41. The van der Waals surface area contributed by atoms with Crippen LogP contribution in [0.3, 0.4) is 0 Å². The summed E-state index contributed by atoms with van der Waals surface area (Å²) in [6.07, 6.45) is 5.48. The summed E-state index contributed by atoms with van der Waals surface area (Å²) in [5.74, 6) is 0.899. The van der Waals surface area contributed by atoms with Gasteiger partial charge in [0.25, 0.3) is 0 Å². The number of nitrogens with one attached hydrogen (secondary N) is 1. The van der Waals surface area contributed by atoms with E-state index in [1.807, 2.05) is 0 Å². The first-order valence-electron chi connectivity index (χ1n) is 7.05. The predicted molar refractivity (Wildman–Crippen MR) is 72.3 cm³/mol. The van der Waals surface area contributed by atoms with Gasteiger partial charge in [-0.25, -0.2) is 0 Å². The van der Waals surface area contributed by atoms with Crippen molar-refractivity contribution < 1.29 is 0 Å². The second kappa shape index (κ2) is 4.13. The van der Waals surface area contributed by atoms with Gasteiger partial charge in [-0.05, 0) is 37.7 Å². The molecule has 0 radical (unpaired) electrons. The highest BCUT2D eigenvalue weighted by Crippen LogP contribution is 2.55. The molecule has 0 bridgehead atoms. The van der Waals surface area contributed by atoms with Gasteiger partial charge in [-0.15, -0.1) is 0 Å². The van der Waals surface area contributed by atoms with Crippen LogP contribution in [-0.4, -0.2) is 12.6 Å². The van der Waals surface area contributed by atoms with Gasteiger partial charge in [0, 0.05) is 18.0 Å². The highest BCUT2D eigenvalue weighted by atomic mass is 15.0. The first-order chi connectivity index (χ1) is 8.24. The van der Waals surface area contributed by atoms with E-state index in [-0.39, 0.29) is 0 Å². The highest BCUT2D eigenvalue weighted by Gasteiger charge is 2.53. The fourth-order valence-corrected chi connectivity index (χ4v) is 3.16. The molecule has 92 valence electrons. The molecule has 0 amide bonds. The fourth-order valence-electron chi connectivity index (χ4n) is 3.16. The zero-order valence-electron chi connectivity index (χ0n) is 11.0. The maximum atomic E-state index is 3.74. The molecular formula is C16H23N. The van der Waals surface area contributed by atoms with E-state index in [4.69, 9.17) is 0 Å². The molecule has 1 nitrogen and oxygen atoms in total. The maximum Gasteiger partial charge on any atom is 0.0109 e. The van der Waals surface area contributed by atoms with Crippen LogP contribution in [-0.2, 0) is 5.41 Å². The van der Waals surface area contributed by atoms with Gasteiger partial charge < -0.3 is 5.32 Å². The van der Waals surface area contributed by atoms with Crippen molar-refractivity contribution in [1.82, 2.24) is 5.32 Å². The molecule has 2 aliphatic carbocycles. The molecule has 1 aromatic carbocycles. The van der Waals surface area contributed by atoms with Crippen LogP contribution in [0.25, 0.3) is 0 Å². The lowest BCUT2D eigenvalue weighted by Gasteiger charge is -2.19. The van der Waals surface area contributed by atoms with Crippen LogP contribution in [0, 0.1) is 12.8 Å². The van der Waals surface area contributed by atoms with Gasteiger partial charge in [0.1, 0.15) is 0 Å². The van der Waals surface area contributed by atoms with E-state index < -0.39 is 0 Å². The van der Waals surface area contributed by atoms with E-state index >= 15 is 0 Å². The van der Waals surface area contributed by atoms with Crippen molar-refractivity contribution in [3.63, 3.8) is 0 Å². The van der Waals surface area contributed by atoms with Gasteiger partial charge in [-0.1, -0.05) is 43.2 Å². The summed E-state index contributed by atoms with van der Waals surface area (Å²) >= 11 is 0. The Morgan fingerprint density at radius 1 is 1.35 bits per heavy atom. The fraction of sp³-hybridized carbons (Fsp3) is 0.625. The zero-order valence-corrected chi connectivity index (χ0v) is 11.0. The SMILES string of the molecule is CCC1CC1(CNC1CC1)c1cccc(C)c1. The molecule has 0 heterocycles. The van der Waals surface area contributed by atoms with Gasteiger partial charge in [0.05, 0.1) is 0 Å². The first-order valence-corrected chi connectivity index (χ1v) is 7.05. The number of benzene rings is 1. The molecule has 2 atom stereocenters. The van der Waals surface area contributed by atoms with Crippen LogP contribution >= 0.6 is 0 Å². The third-order valence-electron chi connectivity index (χ3n) is 4.60. The molecule has 1 aromatic rings. The van der Waals surface area contributed by atoms with Gasteiger partial charge in [0.15, 0.2) is 0 Å². The van der Waals surface area contributed by atoms with Gasteiger partial charge in [-0.2, -0.15) is 0 Å². The molecule has 3 rings (SSSR count). The smallest absolute Gasteiger partial charge is 0.0109 e. The zero-order chi connectivity index (χ0) is 11.9. The average Bonchev–Trinajstić information content (AvgIpc) is 3.22. The Kier molecular flexibility index (Phi) is 2.74. The lowest BCUT2D eigenvalue weighted by atomic mass is 9.91. The van der Waals surface area contributed by atoms with Crippen LogP contribution < -0.4 is 5.32 Å². The third kappa shape index (κ3) is 2.13. The van der Waals surface area contributed by atoms with E-state index in [2.05, 4.69) is 43.4 Å². The molecule has 0 aromatic heterocycles. The minimum Gasteiger partial charge on any atom is -0.313 e. The van der Waals surface area contributed by atoms with E-state index in [1.165, 1.54) is 37.8 Å². The highest BCUT2D eigenvalue weighted by molar-refractivity contribution is 5.37. The van der Waals surface area contributed by atoms with E-state index in [9.17, 15) is 0 Å². The van der Waals surface area contributed by atoms with E-state index in [0.717, 1.165) is 12.0 Å². The van der Waals surface area contributed by atoms with Crippen molar-refractivity contribution in [3.05, 3.63) is 35.4 Å². The van der Waals surface area contributed by atoms with Crippen molar-refractivity contribution in [1.29, 1.82) is 0 Å². The lowest BCUT2D eigenvalue weighted by Crippen LogP contribution is -2.30. The number of hydrogen-bond acceptors (Lipinski definition) is 1. The van der Waals surface area contributed by atoms with E-state index in [0.29, 0.717) is 5.41 Å². The van der Waals surface area contributed by atoms with Crippen LogP contribution in [0.4, 0.5) is 0 Å². The van der Waals surface area contributed by atoms with Gasteiger partial charge in [0.2, 0.25) is 0 Å². The molecule has 0 spiro atoms. The quantitative estimate of drug-likeness (QED) is 0.816. The molecule has 17 heavy (non-hydrogen) atoms. The number of hydrogen-bond donors (Lipinski definition) is 1. The summed E-state index contributed by atoms with van der Waals surface area (Å²) in [7, 11) is 0. The number of aryl methyl sites for hydroxylation is 1. The Labute approximate surface area is 105 Å². The van der Waals surface area contributed by atoms with Crippen LogP contribution in [0.1, 0.15) is 43.7 Å². The average molecular weight is 229 g/mol. The topological polar surface area (TPSA) is 12.0 Å². The molecule has 0 saturated heterocycles. The van der Waals surface area contributed by atoms with Crippen LogP contribution in [0.2, 0.25) is 0 Å². The third-order valence-corrected chi connectivity index (χ3v) is 4.60. The molecule has 2 unspecified atom stereocenters. The molecule has 2 fully saturated rings. The van der Waals surface area contributed by atoms with Crippen molar-refractivity contribution in [3.8, 4) is 0 Å². The van der Waals surface area contributed by atoms with Crippen molar-refractivity contribution in [2.75, 3.05) is 6.54 Å². The molecule has 2 aliphatic rings. The second-order valence-corrected chi connectivity index (χ2v) is 5.99. The van der Waals surface area contributed by atoms with Crippen molar-refractivity contribution in [2.45, 2.75) is 51.0 Å². The summed E-state index contributed by atoms with van der Waals surface area (Å²) in [6.45, 7) is 5.73. The maximum absolute atomic E-state index is 3.74. The summed E-state index contributed by atoms with van der Waals surface area (Å²) in [6, 6.07) is 9.97. The summed E-state index contributed by atoms with van der Waals surface area (Å²) < 4.78 is 0. The molecular weight excluding hydrogens is 206 g/mol. The molecule has 1 heteroatoms.